The summed E-state index contributed by atoms with van der Waals surface area (Å²) in [4.78, 5) is 7.77. The zero-order valence-electron chi connectivity index (χ0n) is 11.1. The number of fused-ring (bicyclic) bond motifs is 3. The standard InChI is InChI=1S/C17H15N3/c18-10-14(9-13-8-11-5-6-12(13)7-11)17-19-15-3-1-2-4-16(15)20-17/h1-6,9,11-13H,7-8H2,(H,19,20)/b14-9+. The van der Waals surface area contributed by atoms with Crippen LogP contribution >= 0.6 is 0 Å². The van der Waals surface area contributed by atoms with Crippen molar-refractivity contribution in [1.29, 1.82) is 5.26 Å². The van der Waals surface area contributed by atoms with Crippen LogP contribution in [0.1, 0.15) is 18.7 Å². The van der Waals surface area contributed by atoms with Crippen LogP contribution in [0.15, 0.2) is 42.5 Å². The molecule has 1 aromatic heterocycles. The van der Waals surface area contributed by atoms with E-state index in [1.807, 2.05) is 24.3 Å². The third kappa shape index (κ3) is 1.77. The Kier molecular flexibility index (Phi) is 2.50. The highest BCUT2D eigenvalue weighted by molar-refractivity contribution is 5.82. The Labute approximate surface area is 117 Å². The topological polar surface area (TPSA) is 52.5 Å². The first kappa shape index (κ1) is 11.5. The number of benzene rings is 1. The number of hydrogen-bond acceptors (Lipinski definition) is 2. The summed E-state index contributed by atoms with van der Waals surface area (Å²) in [6.45, 7) is 0. The number of allylic oxidation sites excluding steroid dienone is 4. The number of aromatic nitrogens is 2. The van der Waals surface area contributed by atoms with Gasteiger partial charge in [-0.25, -0.2) is 4.98 Å². The molecule has 1 N–H and O–H groups in total. The smallest absolute Gasteiger partial charge is 0.148 e. The van der Waals surface area contributed by atoms with Gasteiger partial charge in [0.2, 0.25) is 0 Å². The molecule has 98 valence electrons. The molecule has 0 aliphatic heterocycles. The van der Waals surface area contributed by atoms with Crippen molar-refractivity contribution < 1.29 is 0 Å². The first-order chi connectivity index (χ1) is 9.83. The van der Waals surface area contributed by atoms with Crippen LogP contribution in [0, 0.1) is 29.1 Å². The number of aromatic amines is 1. The number of hydrogen-bond donors (Lipinski definition) is 1. The normalized spacial score (nSPS) is 28.1. The fourth-order valence-corrected chi connectivity index (χ4v) is 3.48. The fourth-order valence-electron chi connectivity index (χ4n) is 3.48. The van der Waals surface area contributed by atoms with E-state index < -0.39 is 0 Å². The summed E-state index contributed by atoms with van der Waals surface area (Å²) >= 11 is 0. The van der Waals surface area contributed by atoms with Gasteiger partial charge in [0.05, 0.1) is 16.6 Å². The Morgan fingerprint density at radius 2 is 2.20 bits per heavy atom. The number of nitriles is 1. The van der Waals surface area contributed by atoms with Crippen LogP contribution in [0.3, 0.4) is 0 Å². The molecule has 2 bridgehead atoms. The van der Waals surface area contributed by atoms with Crippen LogP contribution in [0.5, 0.6) is 0 Å². The van der Waals surface area contributed by atoms with Crippen molar-refractivity contribution in [1.82, 2.24) is 9.97 Å². The quantitative estimate of drug-likeness (QED) is 0.662. The summed E-state index contributed by atoms with van der Waals surface area (Å²) in [5, 5.41) is 9.44. The van der Waals surface area contributed by atoms with Crippen molar-refractivity contribution in [2.24, 2.45) is 17.8 Å². The summed E-state index contributed by atoms with van der Waals surface area (Å²) in [6, 6.07) is 10.2. The van der Waals surface area contributed by atoms with Gasteiger partial charge in [0, 0.05) is 0 Å². The highest BCUT2D eigenvalue weighted by Crippen LogP contribution is 2.44. The molecule has 4 rings (SSSR count). The fraction of sp³-hybridized carbons (Fsp3) is 0.294. The van der Waals surface area contributed by atoms with Crippen molar-refractivity contribution in [3.63, 3.8) is 0 Å². The number of nitrogens with one attached hydrogen (secondary N) is 1. The van der Waals surface area contributed by atoms with Gasteiger partial charge >= 0.3 is 0 Å². The highest BCUT2D eigenvalue weighted by Gasteiger charge is 2.34. The summed E-state index contributed by atoms with van der Waals surface area (Å²) in [5.41, 5.74) is 2.57. The molecule has 2 aliphatic rings. The van der Waals surface area contributed by atoms with Crippen LogP contribution in [0.4, 0.5) is 0 Å². The Hall–Kier alpha value is -2.34. The van der Waals surface area contributed by atoms with Crippen LogP contribution in [0.2, 0.25) is 0 Å². The second-order valence-electron chi connectivity index (χ2n) is 5.74. The molecule has 3 unspecified atom stereocenters. The molecule has 1 fully saturated rings. The SMILES string of the molecule is N#C/C(=C\C1CC2C=CC1C2)c1nc2ccccc2[nH]1. The molecule has 1 aromatic carbocycles. The summed E-state index contributed by atoms with van der Waals surface area (Å²) in [6.07, 6.45) is 9.17. The van der Waals surface area contributed by atoms with Gasteiger partial charge in [-0.3, -0.25) is 0 Å². The molecular formula is C17H15N3. The zero-order chi connectivity index (χ0) is 13.5. The molecular weight excluding hydrogens is 246 g/mol. The zero-order valence-corrected chi connectivity index (χ0v) is 11.1. The van der Waals surface area contributed by atoms with E-state index in [9.17, 15) is 5.26 Å². The maximum absolute atomic E-state index is 9.44. The van der Waals surface area contributed by atoms with Crippen LogP contribution in [-0.4, -0.2) is 9.97 Å². The van der Waals surface area contributed by atoms with E-state index in [2.05, 4.69) is 34.3 Å². The van der Waals surface area contributed by atoms with Gasteiger partial charge in [0.25, 0.3) is 0 Å². The lowest BCUT2D eigenvalue weighted by Crippen LogP contribution is -2.04. The van der Waals surface area contributed by atoms with Crippen LogP contribution in [0.25, 0.3) is 16.6 Å². The van der Waals surface area contributed by atoms with Crippen molar-refractivity contribution >= 4 is 16.6 Å². The number of H-pyrrole nitrogens is 1. The van der Waals surface area contributed by atoms with E-state index in [4.69, 9.17) is 0 Å². The maximum atomic E-state index is 9.44. The average Bonchev–Trinajstić information content (AvgIpc) is 3.18. The third-order valence-electron chi connectivity index (χ3n) is 4.48. The monoisotopic (exact) mass is 261 g/mol. The molecule has 0 spiro atoms. The average molecular weight is 261 g/mol. The minimum atomic E-state index is 0.493. The lowest BCUT2D eigenvalue weighted by atomic mass is 9.91. The highest BCUT2D eigenvalue weighted by atomic mass is 14.9. The first-order valence-corrected chi connectivity index (χ1v) is 7.09. The Morgan fingerprint density at radius 3 is 2.90 bits per heavy atom. The number of para-hydroxylation sites is 2. The molecule has 0 amide bonds. The number of rotatable bonds is 2. The Bertz CT molecular complexity index is 727. The molecule has 0 saturated heterocycles. The summed E-state index contributed by atoms with van der Waals surface area (Å²) in [7, 11) is 0. The molecule has 2 aromatic rings. The minimum Gasteiger partial charge on any atom is -0.337 e. The molecule has 1 saturated carbocycles. The predicted octanol–water partition coefficient (Wildman–Crippen LogP) is 3.68. The van der Waals surface area contributed by atoms with E-state index in [-0.39, 0.29) is 0 Å². The van der Waals surface area contributed by atoms with Crippen LogP contribution in [-0.2, 0) is 0 Å². The van der Waals surface area contributed by atoms with Crippen molar-refractivity contribution in [2.45, 2.75) is 12.8 Å². The minimum absolute atomic E-state index is 0.493. The van der Waals surface area contributed by atoms with Gasteiger partial charge in [0.1, 0.15) is 11.9 Å². The molecule has 2 aliphatic carbocycles. The molecule has 20 heavy (non-hydrogen) atoms. The second-order valence-corrected chi connectivity index (χ2v) is 5.74. The van der Waals surface area contributed by atoms with E-state index in [0.29, 0.717) is 23.2 Å². The molecule has 3 heteroatoms. The molecule has 0 radical (unpaired) electrons. The molecule has 3 nitrogen and oxygen atoms in total. The van der Waals surface area contributed by atoms with E-state index in [1.165, 1.54) is 12.8 Å². The van der Waals surface area contributed by atoms with Gasteiger partial charge in [0.15, 0.2) is 0 Å². The largest absolute Gasteiger partial charge is 0.337 e. The van der Waals surface area contributed by atoms with E-state index in [0.717, 1.165) is 17.0 Å². The predicted molar refractivity (Wildman–Crippen MR) is 78.5 cm³/mol. The Balaban J connectivity index is 1.71. The summed E-state index contributed by atoms with van der Waals surface area (Å²) in [5.74, 6) is 2.53. The van der Waals surface area contributed by atoms with Gasteiger partial charge < -0.3 is 4.98 Å². The lowest BCUT2D eigenvalue weighted by molar-refractivity contribution is 0.551. The number of nitrogens with zero attached hydrogens (tertiary/aromatic N) is 2. The lowest BCUT2D eigenvalue weighted by Gasteiger charge is -2.13. The van der Waals surface area contributed by atoms with Gasteiger partial charge in [-0.15, -0.1) is 0 Å². The van der Waals surface area contributed by atoms with Crippen molar-refractivity contribution in [3.05, 3.63) is 48.3 Å². The Morgan fingerprint density at radius 1 is 1.30 bits per heavy atom. The molecule has 1 heterocycles. The number of imidazole rings is 1. The van der Waals surface area contributed by atoms with Gasteiger partial charge in [-0.1, -0.05) is 30.4 Å². The molecule has 3 atom stereocenters. The van der Waals surface area contributed by atoms with Crippen molar-refractivity contribution in [3.8, 4) is 6.07 Å². The van der Waals surface area contributed by atoms with E-state index >= 15 is 0 Å². The van der Waals surface area contributed by atoms with Crippen molar-refractivity contribution in [2.75, 3.05) is 0 Å². The summed E-state index contributed by atoms with van der Waals surface area (Å²) < 4.78 is 0. The van der Waals surface area contributed by atoms with Gasteiger partial charge in [-0.2, -0.15) is 5.26 Å². The van der Waals surface area contributed by atoms with Gasteiger partial charge in [-0.05, 0) is 42.7 Å². The second kappa shape index (κ2) is 4.35. The first-order valence-electron chi connectivity index (χ1n) is 7.09. The van der Waals surface area contributed by atoms with E-state index in [1.54, 1.807) is 0 Å². The maximum Gasteiger partial charge on any atom is 0.148 e. The van der Waals surface area contributed by atoms with Crippen LogP contribution < -0.4 is 0 Å². The third-order valence-corrected chi connectivity index (χ3v) is 4.48.